The number of halogens is 3. The molecule has 2 heterocycles. The Hall–Kier alpha value is -2.94. The van der Waals surface area contributed by atoms with Crippen molar-refractivity contribution in [3.05, 3.63) is 41.7 Å². The zero-order valence-corrected chi connectivity index (χ0v) is 13.9. The van der Waals surface area contributed by atoms with Gasteiger partial charge in [-0.2, -0.15) is 18.3 Å². The Morgan fingerprint density at radius 3 is 2.69 bits per heavy atom. The summed E-state index contributed by atoms with van der Waals surface area (Å²) >= 11 is 0. The molecule has 0 saturated heterocycles. The average molecular weight is 364 g/mol. The van der Waals surface area contributed by atoms with Gasteiger partial charge in [-0.05, 0) is 36.8 Å². The number of carbonyl (C=O) groups is 1. The molecule has 3 rings (SSSR count). The van der Waals surface area contributed by atoms with Crippen molar-refractivity contribution in [2.45, 2.75) is 13.1 Å². The number of hydrogen-bond donors (Lipinski definition) is 2. The van der Waals surface area contributed by atoms with Gasteiger partial charge >= 0.3 is 6.18 Å². The van der Waals surface area contributed by atoms with Gasteiger partial charge < -0.3 is 10.1 Å². The molecule has 6 nitrogen and oxygen atoms in total. The van der Waals surface area contributed by atoms with Crippen LogP contribution in [-0.2, 0) is 15.7 Å². The monoisotopic (exact) mass is 364 g/mol. The van der Waals surface area contributed by atoms with Crippen LogP contribution in [0.1, 0.15) is 11.3 Å². The number of methoxy groups -OCH3 is 1. The molecule has 0 spiro atoms. The third-order valence-corrected chi connectivity index (χ3v) is 3.80. The topological polar surface area (TPSA) is 79.9 Å². The Balaban J connectivity index is 2.06. The standard InChI is InChI=1S/C17H15F3N4O2/c1-9-11(3-4-15(22-9)23-16(25)8-26-2)12-5-10(17(18,19)20)6-14-13(12)7-21-24-14/h3-7H,8H2,1-2H3,(H,21,24)(H,22,23,25). The maximum Gasteiger partial charge on any atom is 0.416 e. The third-order valence-electron chi connectivity index (χ3n) is 3.80. The zero-order chi connectivity index (χ0) is 18.9. The molecule has 0 bridgehead atoms. The first-order valence-electron chi connectivity index (χ1n) is 7.60. The number of aromatic nitrogens is 3. The van der Waals surface area contributed by atoms with Crippen molar-refractivity contribution in [1.82, 2.24) is 15.2 Å². The van der Waals surface area contributed by atoms with Gasteiger partial charge in [-0.25, -0.2) is 4.98 Å². The summed E-state index contributed by atoms with van der Waals surface area (Å²) < 4.78 is 44.3. The Kier molecular flexibility index (Phi) is 4.64. The Bertz CT molecular complexity index is 966. The molecule has 0 fully saturated rings. The third kappa shape index (κ3) is 3.52. The minimum Gasteiger partial charge on any atom is -0.375 e. The van der Waals surface area contributed by atoms with Crippen LogP contribution in [0.25, 0.3) is 22.0 Å². The molecule has 26 heavy (non-hydrogen) atoms. The molecule has 0 atom stereocenters. The number of pyridine rings is 1. The zero-order valence-electron chi connectivity index (χ0n) is 13.9. The number of benzene rings is 1. The van der Waals surface area contributed by atoms with Crippen molar-refractivity contribution in [2.24, 2.45) is 0 Å². The fourth-order valence-corrected chi connectivity index (χ4v) is 2.66. The lowest BCUT2D eigenvalue weighted by molar-refractivity contribution is -0.137. The molecule has 2 N–H and O–H groups in total. The number of nitrogens with zero attached hydrogens (tertiary/aromatic N) is 2. The highest BCUT2D eigenvalue weighted by atomic mass is 19.4. The van der Waals surface area contributed by atoms with Crippen LogP contribution in [0.2, 0.25) is 0 Å². The van der Waals surface area contributed by atoms with E-state index >= 15 is 0 Å². The second kappa shape index (κ2) is 6.75. The second-order valence-electron chi connectivity index (χ2n) is 5.66. The van der Waals surface area contributed by atoms with Crippen LogP contribution < -0.4 is 5.32 Å². The predicted octanol–water partition coefficient (Wildman–Crippen LogP) is 3.54. The summed E-state index contributed by atoms with van der Waals surface area (Å²) in [5.41, 5.74) is 0.866. The van der Waals surface area contributed by atoms with E-state index in [-0.39, 0.29) is 18.0 Å². The summed E-state index contributed by atoms with van der Waals surface area (Å²) in [4.78, 5) is 15.8. The Labute approximate surface area is 146 Å². The molecule has 3 aromatic rings. The molecule has 136 valence electrons. The van der Waals surface area contributed by atoms with E-state index in [2.05, 4.69) is 20.5 Å². The second-order valence-corrected chi connectivity index (χ2v) is 5.66. The van der Waals surface area contributed by atoms with Gasteiger partial charge in [-0.1, -0.05) is 0 Å². The summed E-state index contributed by atoms with van der Waals surface area (Å²) in [6.07, 6.45) is -3.01. The van der Waals surface area contributed by atoms with Crippen molar-refractivity contribution < 1.29 is 22.7 Å². The summed E-state index contributed by atoms with van der Waals surface area (Å²) in [7, 11) is 1.39. The van der Waals surface area contributed by atoms with Crippen LogP contribution in [-0.4, -0.2) is 34.8 Å². The fourth-order valence-electron chi connectivity index (χ4n) is 2.66. The number of rotatable bonds is 4. The highest BCUT2D eigenvalue weighted by molar-refractivity contribution is 5.96. The molecule has 1 aromatic carbocycles. The number of amides is 1. The number of aryl methyl sites for hydroxylation is 1. The van der Waals surface area contributed by atoms with E-state index in [9.17, 15) is 18.0 Å². The molecule has 0 saturated carbocycles. The maximum absolute atomic E-state index is 13.2. The molecule has 0 aliphatic heterocycles. The average Bonchev–Trinajstić information content (AvgIpc) is 3.02. The van der Waals surface area contributed by atoms with Gasteiger partial charge in [0, 0.05) is 23.8 Å². The van der Waals surface area contributed by atoms with Crippen LogP contribution in [0, 0.1) is 6.92 Å². The fraction of sp³-hybridized carbons (Fsp3) is 0.235. The smallest absolute Gasteiger partial charge is 0.375 e. The van der Waals surface area contributed by atoms with Crippen LogP contribution in [0.15, 0.2) is 30.5 Å². The van der Waals surface area contributed by atoms with E-state index in [4.69, 9.17) is 4.74 Å². The summed E-state index contributed by atoms with van der Waals surface area (Å²) in [5.74, 6) is -0.0767. The summed E-state index contributed by atoms with van der Waals surface area (Å²) in [6, 6.07) is 5.24. The molecule has 0 radical (unpaired) electrons. The number of fused-ring (bicyclic) bond motifs is 1. The highest BCUT2D eigenvalue weighted by Gasteiger charge is 2.32. The first-order chi connectivity index (χ1) is 12.3. The van der Waals surface area contributed by atoms with E-state index in [0.717, 1.165) is 12.1 Å². The number of hydrogen-bond acceptors (Lipinski definition) is 4. The molecule has 0 aliphatic rings. The van der Waals surface area contributed by atoms with Crippen molar-refractivity contribution in [1.29, 1.82) is 0 Å². The van der Waals surface area contributed by atoms with Gasteiger partial charge in [0.2, 0.25) is 0 Å². The lowest BCUT2D eigenvalue weighted by atomic mass is 9.98. The van der Waals surface area contributed by atoms with Crippen LogP contribution in [0.4, 0.5) is 19.0 Å². The number of alkyl halides is 3. The Morgan fingerprint density at radius 2 is 2.04 bits per heavy atom. The quantitative estimate of drug-likeness (QED) is 0.742. The van der Waals surface area contributed by atoms with E-state index in [1.54, 1.807) is 13.0 Å². The number of H-pyrrole nitrogens is 1. The van der Waals surface area contributed by atoms with Gasteiger partial charge in [0.05, 0.1) is 17.3 Å². The van der Waals surface area contributed by atoms with Gasteiger partial charge in [-0.15, -0.1) is 0 Å². The summed E-state index contributed by atoms with van der Waals surface area (Å²) in [6.45, 7) is 1.54. The van der Waals surface area contributed by atoms with Gasteiger partial charge in [0.15, 0.2) is 0 Å². The maximum atomic E-state index is 13.2. The number of nitrogens with one attached hydrogen (secondary N) is 2. The molecule has 0 aliphatic carbocycles. The summed E-state index contributed by atoms with van der Waals surface area (Å²) in [5, 5.41) is 9.52. The molecule has 1 amide bonds. The van der Waals surface area contributed by atoms with Crippen molar-refractivity contribution in [3.8, 4) is 11.1 Å². The van der Waals surface area contributed by atoms with Crippen LogP contribution in [0.5, 0.6) is 0 Å². The number of carbonyl (C=O) groups excluding carboxylic acids is 1. The van der Waals surface area contributed by atoms with Crippen molar-refractivity contribution in [2.75, 3.05) is 19.0 Å². The highest BCUT2D eigenvalue weighted by Crippen LogP contribution is 2.37. The molecule has 9 heteroatoms. The molecule has 2 aromatic heterocycles. The van der Waals surface area contributed by atoms with Crippen molar-refractivity contribution >= 4 is 22.6 Å². The minimum atomic E-state index is -4.48. The van der Waals surface area contributed by atoms with E-state index in [0.29, 0.717) is 28.0 Å². The van der Waals surface area contributed by atoms with Crippen LogP contribution >= 0.6 is 0 Å². The van der Waals surface area contributed by atoms with Crippen molar-refractivity contribution in [3.63, 3.8) is 0 Å². The number of aromatic amines is 1. The number of anilines is 1. The largest absolute Gasteiger partial charge is 0.416 e. The van der Waals surface area contributed by atoms with Gasteiger partial charge in [0.1, 0.15) is 12.4 Å². The lowest BCUT2D eigenvalue weighted by Crippen LogP contribution is -2.18. The molecular weight excluding hydrogens is 349 g/mol. The number of ether oxygens (including phenoxy) is 1. The van der Waals surface area contributed by atoms with E-state index < -0.39 is 11.7 Å². The molecular formula is C17H15F3N4O2. The first kappa shape index (κ1) is 17.9. The molecule has 0 unspecified atom stereocenters. The van der Waals surface area contributed by atoms with Gasteiger partial charge in [0.25, 0.3) is 5.91 Å². The Morgan fingerprint density at radius 1 is 1.27 bits per heavy atom. The first-order valence-corrected chi connectivity index (χ1v) is 7.60. The SMILES string of the molecule is COCC(=O)Nc1ccc(-c2cc(C(F)(F)F)cc3[nH]ncc23)c(C)n1. The lowest BCUT2D eigenvalue weighted by Gasteiger charge is -2.13. The van der Waals surface area contributed by atoms with Crippen LogP contribution in [0.3, 0.4) is 0 Å². The predicted molar refractivity (Wildman–Crippen MR) is 89.6 cm³/mol. The van der Waals surface area contributed by atoms with E-state index in [1.807, 2.05) is 0 Å². The van der Waals surface area contributed by atoms with E-state index in [1.165, 1.54) is 19.4 Å². The van der Waals surface area contributed by atoms with Gasteiger partial charge in [-0.3, -0.25) is 9.89 Å². The minimum absolute atomic E-state index is 0.119. The normalized spacial score (nSPS) is 11.7.